The minimum Gasteiger partial charge on any atom is -0.478 e. The summed E-state index contributed by atoms with van der Waals surface area (Å²) >= 11 is 0. The lowest BCUT2D eigenvalue weighted by Gasteiger charge is -2.13. The first-order chi connectivity index (χ1) is 14.8. The number of nitrogens with one attached hydrogen (secondary N) is 2. The maximum Gasteiger partial charge on any atom is 0.335 e. The van der Waals surface area contributed by atoms with Crippen LogP contribution in [-0.4, -0.2) is 32.2 Å². The lowest BCUT2D eigenvalue weighted by atomic mass is 10.1. The summed E-state index contributed by atoms with van der Waals surface area (Å²) in [6.07, 6.45) is 0. The fourth-order valence-electron chi connectivity index (χ4n) is 2.94. The Morgan fingerprint density at radius 1 is 0.903 bits per heavy atom. The Morgan fingerprint density at radius 2 is 1.68 bits per heavy atom. The summed E-state index contributed by atoms with van der Waals surface area (Å²) in [5, 5.41) is 11.8. The van der Waals surface area contributed by atoms with E-state index in [0.717, 1.165) is 6.07 Å². The molecule has 4 rings (SSSR count). The summed E-state index contributed by atoms with van der Waals surface area (Å²) < 4.78 is 38.4. The SMILES string of the molecule is O=C(O)c1cccc(S(=O)(=O)Nc2ccccc2C(=O)Nc2ccc3c(c2)OCO3)c1. The molecular formula is C21H16N2O7S. The molecule has 1 heterocycles. The minimum atomic E-state index is -4.14. The van der Waals surface area contributed by atoms with Crippen LogP contribution in [0.2, 0.25) is 0 Å². The van der Waals surface area contributed by atoms with Crippen LogP contribution in [0.3, 0.4) is 0 Å². The monoisotopic (exact) mass is 440 g/mol. The van der Waals surface area contributed by atoms with Gasteiger partial charge in [-0.1, -0.05) is 18.2 Å². The highest BCUT2D eigenvalue weighted by atomic mass is 32.2. The molecule has 3 aromatic carbocycles. The van der Waals surface area contributed by atoms with E-state index in [0.29, 0.717) is 17.2 Å². The van der Waals surface area contributed by atoms with E-state index in [4.69, 9.17) is 14.6 Å². The molecule has 31 heavy (non-hydrogen) atoms. The smallest absolute Gasteiger partial charge is 0.335 e. The number of carboxylic acid groups (broad SMARTS) is 1. The maximum atomic E-state index is 12.8. The Morgan fingerprint density at radius 3 is 2.48 bits per heavy atom. The fourth-order valence-corrected chi connectivity index (χ4v) is 4.07. The van der Waals surface area contributed by atoms with Gasteiger partial charge in [-0.3, -0.25) is 9.52 Å². The molecule has 9 nitrogen and oxygen atoms in total. The Kier molecular flexibility index (Phi) is 5.22. The molecule has 0 atom stereocenters. The first-order valence-corrected chi connectivity index (χ1v) is 10.5. The number of para-hydroxylation sites is 1. The van der Waals surface area contributed by atoms with E-state index in [9.17, 15) is 18.0 Å². The molecule has 1 aliphatic heterocycles. The summed E-state index contributed by atoms with van der Waals surface area (Å²) in [6, 6.07) is 15.9. The average Bonchev–Trinajstić information content (AvgIpc) is 3.22. The number of benzene rings is 3. The van der Waals surface area contributed by atoms with Crippen LogP contribution in [0.4, 0.5) is 11.4 Å². The molecular weight excluding hydrogens is 424 g/mol. The third-order valence-electron chi connectivity index (χ3n) is 4.44. The van der Waals surface area contributed by atoms with E-state index in [1.54, 1.807) is 30.3 Å². The predicted molar refractivity (Wildman–Crippen MR) is 111 cm³/mol. The van der Waals surface area contributed by atoms with Gasteiger partial charge in [0.25, 0.3) is 15.9 Å². The first kappa shape index (κ1) is 20.2. The van der Waals surface area contributed by atoms with Crippen molar-refractivity contribution in [1.82, 2.24) is 0 Å². The Labute approximate surface area is 177 Å². The van der Waals surface area contributed by atoms with E-state index in [-0.39, 0.29) is 28.5 Å². The van der Waals surface area contributed by atoms with Gasteiger partial charge in [-0.15, -0.1) is 0 Å². The van der Waals surface area contributed by atoms with Crippen molar-refractivity contribution in [1.29, 1.82) is 0 Å². The highest BCUT2D eigenvalue weighted by Crippen LogP contribution is 2.34. The van der Waals surface area contributed by atoms with E-state index in [1.807, 2.05) is 0 Å². The maximum absolute atomic E-state index is 12.8. The van der Waals surface area contributed by atoms with Crippen LogP contribution in [0.5, 0.6) is 11.5 Å². The van der Waals surface area contributed by atoms with Crippen LogP contribution in [0.15, 0.2) is 71.6 Å². The molecule has 0 saturated heterocycles. The van der Waals surface area contributed by atoms with Crippen molar-refractivity contribution in [2.45, 2.75) is 4.90 Å². The van der Waals surface area contributed by atoms with Gasteiger partial charge >= 0.3 is 5.97 Å². The molecule has 10 heteroatoms. The molecule has 1 aliphatic rings. The molecule has 0 fully saturated rings. The fraction of sp³-hybridized carbons (Fsp3) is 0.0476. The highest BCUT2D eigenvalue weighted by molar-refractivity contribution is 7.92. The standard InChI is InChI=1S/C21H16N2O7S/c24-20(22-14-8-9-18-19(11-14)30-12-29-18)16-6-1-2-7-17(16)23-31(27,28)15-5-3-4-13(10-15)21(25)26/h1-11,23H,12H2,(H,22,24)(H,25,26). The van der Waals surface area contributed by atoms with Gasteiger partial charge in [0, 0.05) is 11.8 Å². The van der Waals surface area contributed by atoms with Crippen LogP contribution in [0.1, 0.15) is 20.7 Å². The number of amides is 1. The normalized spacial score (nSPS) is 12.3. The molecule has 0 spiro atoms. The van der Waals surface area contributed by atoms with Gasteiger partial charge in [0.05, 0.1) is 21.7 Å². The van der Waals surface area contributed by atoms with Crippen LogP contribution in [-0.2, 0) is 10.0 Å². The predicted octanol–water partition coefficient (Wildman–Crippen LogP) is 3.17. The zero-order valence-electron chi connectivity index (χ0n) is 15.9. The minimum absolute atomic E-state index is 0.0430. The second-order valence-corrected chi connectivity index (χ2v) is 8.19. The number of hydrogen-bond acceptors (Lipinski definition) is 6. The van der Waals surface area contributed by atoms with Crippen LogP contribution in [0, 0.1) is 0 Å². The molecule has 0 aliphatic carbocycles. The second kappa shape index (κ2) is 8.00. The number of sulfonamides is 1. The Bertz CT molecular complexity index is 1290. The van der Waals surface area contributed by atoms with Crippen LogP contribution in [0.25, 0.3) is 0 Å². The van der Waals surface area contributed by atoms with Gasteiger partial charge in [-0.2, -0.15) is 0 Å². The summed E-state index contributed by atoms with van der Waals surface area (Å²) in [5.41, 5.74) is 0.400. The number of fused-ring (bicyclic) bond motifs is 1. The summed E-state index contributed by atoms with van der Waals surface area (Å²) in [4.78, 5) is 23.7. The number of carbonyl (C=O) groups excluding carboxylic acids is 1. The van der Waals surface area contributed by atoms with E-state index >= 15 is 0 Å². The molecule has 0 radical (unpaired) electrons. The molecule has 0 bridgehead atoms. The number of hydrogen-bond donors (Lipinski definition) is 3. The van der Waals surface area contributed by atoms with Gasteiger partial charge < -0.3 is 19.9 Å². The van der Waals surface area contributed by atoms with E-state index in [1.165, 1.54) is 30.3 Å². The Balaban J connectivity index is 1.59. The van der Waals surface area contributed by atoms with Crippen molar-refractivity contribution in [2.24, 2.45) is 0 Å². The number of aromatic carboxylic acids is 1. The molecule has 0 aromatic heterocycles. The molecule has 1 amide bonds. The largest absolute Gasteiger partial charge is 0.478 e. The average molecular weight is 440 g/mol. The molecule has 0 unspecified atom stereocenters. The van der Waals surface area contributed by atoms with Gasteiger partial charge in [0.1, 0.15) is 0 Å². The van der Waals surface area contributed by atoms with Crippen LogP contribution >= 0.6 is 0 Å². The number of ether oxygens (including phenoxy) is 2. The van der Waals surface area contributed by atoms with Crippen LogP contribution < -0.4 is 19.5 Å². The van der Waals surface area contributed by atoms with Crippen molar-refractivity contribution < 1.29 is 32.6 Å². The zero-order chi connectivity index (χ0) is 22.0. The summed E-state index contributed by atoms with van der Waals surface area (Å²) in [5.74, 6) is -0.739. The molecule has 3 N–H and O–H groups in total. The van der Waals surface area contributed by atoms with Gasteiger partial charge in [0.15, 0.2) is 11.5 Å². The van der Waals surface area contributed by atoms with Gasteiger partial charge in [0.2, 0.25) is 6.79 Å². The summed E-state index contributed by atoms with van der Waals surface area (Å²) in [6.45, 7) is 0.0976. The quantitative estimate of drug-likeness (QED) is 0.536. The highest BCUT2D eigenvalue weighted by Gasteiger charge is 2.21. The lowest BCUT2D eigenvalue weighted by molar-refractivity contribution is 0.0696. The first-order valence-electron chi connectivity index (χ1n) is 9.00. The van der Waals surface area contributed by atoms with E-state index in [2.05, 4.69) is 10.0 Å². The molecule has 3 aromatic rings. The molecule has 0 saturated carbocycles. The third kappa shape index (κ3) is 4.28. The Hall–Kier alpha value is -4.05. The molecule has 158 valence electrons. The number of rotatable bonds is 6. The number of carbonyl (C=O) groups is 2. The van der Waals surface area contributed by atoms with Gasteiger partial charge in [-0.25, -0.2) is 13.2 Å². The lowest BCUT2D eigenvalue weighted by Crippen LogP contribution is -2.19. The second-order valence-electron chi connectivity index (χ2n) is 6.51. The van der Waals surface area contributed by atoms with Crippen molar-refractivity contribution in [3.05, 3.63) is 77.9 Å². The van der Waals surface area contributed by atoms with Crippen molar-refractivity contribution in [3.63, 3.8) is 0 Å². The van der Waals surface area contributed by atoms with Crippen molar-refractivity contribution >= 4 is 33.3 Å². The number of carboxylic acids is 1. The van der Waals surface area contributed by atoms with Crippen molar-refractivity contribution in [3.8, 4) is 11.5 Å². The van der Waals surface area contributed by atoms with Gasteiger partial charge in [-0.05, 0) is 42.5 Å². The zero-order valence-corrected chi connectivity index (χ0v) is 16.7. The topological polar surface area (TPSA) is 131 Å². The van der Waals surface area contributed by atoms with E-state index < -0.39 is 21.9 Å². The summed E-state index contributed by atoms with van der Waals surface area (Å²) in [7, 11) is -4.14. The number of anilines is 2. The van der Waals surface area contributed by atoms with Crippen molar-refractivity contribution in [2.75, 3.05) is 16.8 Å². The third-order valence-corrected chi connectivity index (χ3v) is 5.80.